The summed E-state index contributed by atoms with van der Waals surface area (Å²) >= 11 is 8.10. The SMILES string of the molecule is CC(C)C[C@H](CNC(=O)c1cc(Br)sc1Br)CC(=O)O. The Morgan fingerprint density at radius 1 is 1.40 bits per heavy atom. The first-order valence-corrected chi connectivity index (χ1v) is 8.64. The van der Waals surface area contributed by atoms with Crippen LogP contribution >= 0.6 is 43.2 Å². The number of amides is 1. The van der Waals surface area contributed by atoms with Crippen LogP contribution in [0.15, 0.2) is 13.6 Å². The Hall–Kier alpha value is -0.400. The molecule has 0 radical (unpaired) electrons. The van der Waals surface area contributed by atoms with Crippen molar-refractivity contribution in [2.75, 3.05) is 6.54 Å². The van der Waals surface area contributed by atoms with Crippen LogP contribution in [0.1, 0.15) is 37.0 Å². The Balaban J connectivity index is 2.60. The van der Waals surface area contributed by atoms with Crippen LogP contribution in [0.3, 0.4) is 0 Å². The Morgan fingerprint density at radius 3 is 2.50 bits per heavy atom. The third-order valence-corrected chi connectivity index (χ3v) is 5.06. The van der Waals surface area contributed by atoms with Crippen molar-refractivity contribution in [3.63, 3.8) is 0 Å². The van der Waals surface area contributed by atoms with Crippen molar-refractivity contribution >= 4 is 55.1 Å². The highest BCUT2D eigenvalue weighted by molar-refractivity contribution is 9.12. The molecule has 0 saturated carbocycles. The summed E-state index contributed by atoms with van der Waals surface area (Å²) in [6, 6.07) is 1.75. The average molecular weight is 427 g/mol. The number of carboxylic acid groups (broad SMARTS) is 1. The summed E-state index contributed by atoms with van der Waals surface area (Å²) in [5.41, 5.74) is 0.570. The van der Waals surface area contributed by atoms with Crippen LogP contribution in [0, 0.1) is 11.8 Å². The number of carbonyl (C=O) groups excluding carboxylic acids is 1. The standard InChI is InChI=1S/C13H17Br2NO3S/c1-7(2)3-8(4-11(17)18)6-16-13(19)9-5-10(14)20-12(9)15/h5,7-8H,3-4,6H2,1-2H3,(H,16,19)(H,17,18)/t8-/m0/s1. The first-order chi connectivity index (χ1) is 9.29. The van der Waals surface area contributed by atoms with E-state index in [1.807, 2.05) is 13.8 Å². The third-order valence-electron chi connectivity index (χ3n) is 2.72. The molecule has 1 amide bonds. The van der Waals surface area contributed by atoms with Gasteiger partial charge in [-0.2, -0.15) is 0 Å². The molecule has 112 valence electrons. The predicted molar refractivity (Wildman–Crippen MR) is 87.3 cm³/mol. The molecule has 7 heteroatoms. The highest BCUT2D eigenvalue weighted by atomic mass is 79.9. The normalized spacial score (nSPS) is 12.4. The van der Waals surface area contributed by atoms with E-state index in [2.05, 4.69) is 37.2 Å². The maximum absolute atomic E-state index is 12.1. The summed E-state index contributed by atoms with van der Waals surface area (Å²) in [5, 5.41) is 11.7. The Labute approximate surface area is 139 Å². The van der Waals surface area contributed by atoms with E-state index >= 15 is 0 Å². The van der Waals surface area contributed by atoms with E-state index in [0.717, 1.165) is 14.0 Å². The second kappa shape index (κ2) is 8.14. The zero-order valence-corrected chi connectivity index (χ0v) is 15.3. The van der Waals surface area contributed by atoms with Crippen molar-refractivity contribution in [1.82, 2.24) is 5.32 Å². The van der Waals surface area contributed by atoms with E-state index in [4.69, 9.17) is 5.11 Å². The van der Waals surface area contributed by atoms with Crippen LogP contribution < -0.4 is 5.32 Å². The quantitative estimate of drug-likeness (QED) is 0.688. The highest BCUT2D eigenvalue weighted by Gasteiger charge is 2.18. The zero-order valence-electron chi connectivity index (χ0n) is 11.3. The fourth-order valence-electron chi connectivity index (χ4n) is 1.98. The van der Waals surface area contributed by atoms with Crippen LogP contribution in [-0.2, 0) is 4.79 Å². The summed E-state index contributed by atoms with van der Waals surface area (Å²) < 4.78 is 1.64. The molecule has 0 bridgehead atoms. The lowest BCUT2D eigenvalue weighted by molar-refractivity contribution is -0.138. The molecule has 1 heterocycles. The largest absolute Gasteiger partial charge is 0.481 e. The number of thiophene rings is 1. The van der Waals surface area contributed by atoms with Gasteiger partial charge in [-0.1, -0.05) is 13.8 Å². The lowest BCUT2D eigenvalue weighted by Crippen LogP contribution is -2.31. The van der Waals surface area contributed by atoms with Crippen LogP contribution in [0.5, 0.6) is 0 Å². The zero-order chi connectivity index (χ0) is 15.3. The number of carboxylic acids is 1. The summed E-state index contributed by atoms with van der Waals surface area (Å²) in [5.74, 6) is -0.655. The molecule has 0 spiro atoms. The highest BCUT2D eigenvalue weighted by Crippen LogP contribution is 2.31. The molecule has 1 rings (SSSR count). The predicted octanol–water partition coefficient (Wildman–Crippen LogP) is 4.14. The number of hydrogen-bond donors (Lipinski definition) is 2. The topological polar surface area (TPSA) is 66.4 Å². The minimum absolute atomic E-state index is 0.0442. The fraction of sp³-hybridized carbons (Fsp3) is 0.538. The van der Waals surface area contributed by atoms with Gasteiger partial charge in [-0.05, 0) is 56.2 Å². The maximum atomic E-state index is 12.1. The Morgan fingerprint density at radius 2 is 2.05 bits per heavy atom. The maximum Gasteiger partial charge on any atom is 0.303 e. The Bertz CT molecular complexity index is 488. The van der Waals surface area contributed by atoms with Crippen LogP contribution in [0.2, 0.25) is 0 Å². The minimum Gasteiger partial charge on any atom is -0.481 e. The van der Waals surface area contributed by atoms with E-state index in [-0.39, 0.29) is 18.2 Å². The van der Waals surface area contributed by atoms with Gasteiger partial charge in [0.1, 0.15) is 0 Å². The second-order valence-electron chi connectivity index (χ2n) is 5.04. The van der Waals surface area contributed by atoms with Gasteiger partial charge in [0.25, 0.3) is 5.91 Å². The van der Waals surface area contributed by atoms with Gasteiger partial charge in [0.15, 0.2) is 0 Å². The third kappa shape index (κ3) is 5.93. The Kier molecular flexibility index (Phi) is 7.19. The fourth-order valence-corrected chi connectivity index (χ4v) is 4.77. The second-order valence-corrected chi connectivity index (χ2v) is 8.79. The number of carbonyl (C=O) groups is 2. The smallest absolute Gasteiger partial charge is 0.303 e. The average Bonchev–Trinajstić information content (AvgIpc) is 2.63. The monoisotopic (exact) mass is 425 g/mol. The van der Waals surface area contributed by atoms with E-state index in [0.29, 0.717) is 18.0 Å². The van der Waals surface area contributed by atoms with Gasteiger partial charge in [0.2, 0.25) is 0 Å². The molecular formula is C13H17Br2NO3S. The molecule has 1 aromatic heterocycles. The van der Waals surface area contributed by atoms with Gasteiger partial charge in [-0.25, -0.2) is 0 Å². The summed E-state index contributed by atoms with van der Waals surface area (Å²) in [4.78, 5) is 22.9. The van der Waals surface area contributed by atoms with Crippen molar-refractivity contribution in [1.29, 1.82) is 0 Å². The van der Waals surface area contributed by atoms with Crippen molar-refractivity contribution in [3.05, 3.63) is 19.2 Å². The van der Waals surface area contributed by atoms with E-state index in [1.165, 1.54) is 11.3 Å². The molecule has 0 aliphatic carbocycles. The molecule has 0 unspecified atom stereocenters. The van der Waals surface area contributed by atoms with E-state index in [9.17, 15) is 9.59 Å². The molecule has 0 aromatic carbocycles. The first-order valence-electron chi connectivity index (χ1n) is 6.24. The van der Waals surface area contributed by atoms with Crippen molar-refractivity contribution in [3.8, 4) is 0 Å². The molecule has 20 heavy (non-hydrogen) atoms. The van der Waals surface area contributed by atoms with Gasteiger partial charge in [0, 0.05) is 13.0 Å². The van der Waals surface area contributed by atoms with E-state index in [1.54, 1.807) is 6.07 Å². The van der Waals surface area contributed by atoms with Crippen molar-refractivity contribution in [2.45, 2.75) is 26.7 Å². The van der Waals surface area contributed by atoms with Crippen LogP contribution in [0.4, 0.5) is 0 Å². The lowest BCUT2D eigenvalue weighted by Gasteiger charge is -2.17. The molecule has 2 N–H and O–H groups in total. The van der Waals surface area contributed by atoms with Crippen molar-refractivity contribution < 1.29 is 14.7 Å². The first kappa shape index (κ1) is 17.7. The van der Waals surface area contributed by atoms with Gasteiger partial charge in [-0.3, -0.25) is 9.59 Å². The minimum atomic E-state index is -0.829. The number of nitrogens with one attached hydrogen (secondary N) is 1. The summed E-state index contributed by atoms with van der Waals surface area (Å²) in [6.07, 6.45) is 0.855. The number of aliphatic carboxylic acids is 1. The van der Waals surface area contributed by atoms with Gasteiger partial charge in [-0.15, -0.1) is 11.3 Å². The molecule has 0 aliphatic heterocycles. The lowest BCUT2D eigenvalue weighted by atomic mass is 9.94. The molecule has 0 aliphatic rings. The summed E-state index contributed by atoms with van der Waals surface area (Å²) in [7, 11) is 0. The number of rotatable bonds is 7. The molecule has 0 saturated heterocycles. The van der Waals surface area contributed by atoms with Crippen LogP contribution in [-0.4, -0.2) is 23.5 Å². The molecule has 0 fully saturated rings. The molecule has 4 nitrogen and oxygen atoms in total. The summed E-state index contributed by atoms with van der Waals surface area (Å²) in [6.45, 7) is 4.47. The molecule has 1 aromatic rings. The number of hydrogen-bond acceptors (Lipinski definition) is 3. The van der Waals surface area contributed by atoms with Gasteiger partial charge in [0.05, 0.1) is 13.1 Å². The molecular weight excluding hydrogens is 410 g/mol. The molecule has 1 atom stereocenters. The van der Waals surface area contributed by atoms with Crippen molar-refractivity contribution in [2.24, 2.45) is 11.8 Å². The van der Waals surface area contributed by atoms with Gasteiger partial charge < -0.3 is 10.4 Å². The van der Waals surface area contributed by atoms with Crippen LogP contribution in [0.25, 0.3) is 0 Å². The number of halogens is 2. The van der Waals surface area contributed by atoms with Gasteiger partial charge >= 0.3 is 5.97 Å². The van der Waals surface area contributed by atoms with E-state index < -0.39 is 5.97 Å².